The van der Waals surface area contributed by atoms with Gasteiger partial charge in [0.25, 0.3) is 0 Å². The van der Waals surface area contributed by atoms with E-state index in [1.807, 2.05) is 0 Å². The number of nitrogens with one attached hydrogen (secondary N) is 1. The lowest BCUT2D eigenvalue weighted by Crippen LogP contribution is -2.67. The van der Waals surface area contributed by atoms with Gasteiger partial charge in [-0.2, -0.15) is 0 Å². The number of hydrogen-bond acceptors (Lipinski definition) is 3. The molecule has 0 aromatic heterocycles. The quantitative estimate of drug-likeness (QED) is 0.882. The largest absolute Gasteiger partial charge is 0.352 e. The van der Waals surface area contributed by atoms with E-state index >= 15 is 0 Å². The number of carbonyl (C=O) groups is 1. The summed E-state index contributed by atoms with van der Waals surface area (Å²) in [7, 11) is 0. The van der Waals surface area contributed by atoms with Gasteiger partial charge in [0.2, 0.25) is 5.91 Å². The molecule has 4 rings (SSSR count). The van der Waals surface area contributed by atoms with E-state index < -0.39 is 0 Å². The molecule has 0 aliphatic carbocycles. The Morgan fingerprint density at radius 1 is 1.12 bits per heavy atom. The summed E-state index contributed by atoms with van der Waals surface area (Å²) >= 11 is 0. The van der Waals surface area contributed by atoms with Crippen molar-refractivity contribution < 1.29 is 4.79 Å². The number of likely N-dealkylation sites (tertiary alicyclic amines) is 2. The Labute approximate surface area is 157 Å². The second-order valence-electron chi connectivity index (χ2n) is 9.27. The van der Waals surface area contributed by atoms with Gasteiger partial charge in [0, 0.05) is 38.1 Å². The number of hydrogen-bond donors (Lipinski definition) is 1. The fourth-order valence-electron chi connectivity index (χ4n) is 5.58. The summed E-state index contributed by atoms with van der Waals surface area (Å²) in [5, 5.41) is 3.15. The Morgan fingerprint density at radius 2 is 1.85 bits per heavy atom. The molecule has 26 heavy (non-hydrogen) atoms. The SMILES string of the molecule is CC1(C)CN(C[C@@H]2CCC(=O)N2)C1C1CCN(Cc2ccccc2)CC1. The van der Waals surface area contributed by atoms with Crippen LogP contribution in [0.5, 0.6) is 0 Å². The van der Waals surface area contributed by atoms with Crippen LogP contribution in [0.4, 0.5) is 0 Å². The van der Waals surface area contributed by atoms with Crippen LogP contribution in [0.25, 0.3) is 0 Å². The van der Waals surface area contributed by atoms with Crippen molar-refractivity contribution in [3.05, 3.63) is 35.9 Å². The number of benzene rings is 1. The maximum atomic E-state index is 11.5. The molecular formula is C22H33N3O. The number of amides is 1. The molecule has 0 bridgehead atoms. The van der Waals surface area contributed by atoms with Gasteiger partial charge < -0.3 is 5.32 Å². The molecule has 1 unspecified atom stereocenters. The highest BCUT2D eigenvalue weighted by Crippen LogP contribution is 2.44. The third-order valence-corrected chi connectivity index (χ3v) is 6.67. The fourth-order valence-corrected chi connectivity index (χ4v) is 5.58. The van der Waals surface area contributed by atoms with Crippen molar-refractivity contribution in [3.8, 4) is 0 Å². The Morgan fingerprint density at radius 3 is 2.46 bits per heavy atom. The van der Waals surface area contributed by atoms with Gasteiger partial charge in [-0.1, -0.05) is 44.2 Å². The summed E-state index contributed by atoms with van der Waals surface area (Å²) in [6.45, 7) is 10.6. The zero-order chi connectivity index (χ0) is 18.1. The molecule has 1 aromatic carbocycles. The van der Waals surface area contributed by atoms with Crippen LogP contribution in [-0.2, 0) is 11.3 Å². The van der Waals surface area contributed by atoms with Crippen LogP contribution in [0.15, 0.2) is 30.3 Å². The lowest BCUT2D eigenvalue weighted by molar-refractivity contribution is -0.120. The molecule has 0 spiro atoms. The van der Waals surface area contributed by atoms with Gasteiger partial charge >= 0.3 is 0 Å². The van der Waals surface area contributed by atoms with Crippen molar-refractivity contribution in [2.24, 2.45) is 11.3 Å². The minimum atomic E-state index is 0.237. The molecule has 4 heteroatoms. The summed E-state index contributed by atoms with van der Waals surface area (Å²) in [5.74, 6) is 1.03. The second-order valence-corrected chi connectivity index (χ2v) is 9.27. The van der Waals surface area contributed by atoms with Crippen LogP contribution >= 0.6 is 0 Å². The highest BCUT2D eigenvalue weighted by atomic mass is 16.1. The lowest BCUT2D eigenvalue weighted by Gasteiger charge is -2.59. The predicted octanol–water partition coefficient (Wildman–Crippen LogP) is 2.89. The predicted molar refractivity (Wildman–Crippen MR) is 105 cm³/mol. The van der Waals surface area contributed by atoms with Crippen LogP contribution in [0.3, 0.4) is 0 Å². The minimum absolute atomic E-state index is 0.237. The van der Waals surface area contributed by atoms with Crippen molar-refractivity contribution in [2.75, 3.05) is 26.2 Å². The van der Waals surface area contributed by atoms with Crippen LogP contribution in [0, 0.1) is 11.3 Å². The molecule has 3 aliphatic heterocycles. The molecule has 0 saturated carbocycles. The van der Waals surface area contributed by atoms with Gasteiger partial charge in [-0.3, -0.25) is 14.6 Å². The summed E-state index contributed by atoms with van der Waals surface area (Å²) in [4.78, 5) is 16.8. The molecule has 0 radical (unpaired) electrons. The van der Waals surface area contributed by atoms with Crippen molar-refractivity contribution in [2.45, 2.75) is 58.2 Å². The maximum Gasteiger partial charge on any atom is 0.220 e. The van der Waals surface area contributed by atoms with Crippen LogP contribution in [0.2, 0.25) is 0 Å². The number of rotatable bonds is 5. The molecule has 3 saturated heterocycles. The normalized spacial score (nSPS) is 30.2. The molecule has 1 amide bonds. The van der Waals surface area contributed by atoms with Gasteiger partial charge in [0.1, 0.15) is 0 Å². The molecule has 1 N–H and O–H groups in total. The average molecular weight is 356 g/mol. The van der Waals surface area contributed by atoms with E-state index in [1.54, 1.807) is 0 Å². The Balaban J connectivity index is 1.31. The third-order valence-electron chi connectivity index (χ3n) is 6.67. The molecule has 2 atom stereocenters. The lowest BCUT2D eigenvalue weighted by atomic mass is 9.66. The summed E-state index contributed by atoms with van der Waals surface area (Å²) in [6.07, 6.45) is 4.32. The molecule has 1 aromatic rings. The molecule has 4 nitrogen and oxygen atoms in total. The van der Waals surface area contributed by atoms with Crippen LogP contribution in [-0.4, -0.2) is 54.0 Å². The van der Waals surface area contributed by atoms with Gasteiger partial charge in [-0.25, -0.2) is 0 Å². The number of carbonyl (C=O) groups excluding carboxylic acids is 1. The molecular weight excluding hydrogens is 322 g/mol. The third kappa shape index (κ3) is 3.81. The molecule has 3 fully saturated rings. The van der Waals surface area contributed by atoms with E-state index in [9.17, 15) is 4.79 Å². The molecule has 142 valence electrons. The van der Waals surface area contributed by atoms with Gasteiger partial charge in [-0.05, 0) is 49.2 Å². The summed E-state index contributed by atoms with van der Waals surface area (Å²) < 4.78 is 0. The van der Waals surface area contributed by atoms with Crippen LogP contribution in [0.1, 0.15) is 45.1 Å². The second kappa shape index (κ2) is 7.32. The zero-order valence-corrected chi connectivity index (χ0v) is 16.3. The zero-order valence-electron chi connectivity index (χ0n) is 16.3. The smallest absolute Gasteiger partial charge is 0.220 e. The first kappa shape index (κ1) is 18.0. The van der Waals surface area contributed by atoms with Gasteiger partial charge in [0.05, 0.1) is 0 Å². The van der Waals surface area contributed by atoms with E-state index in [-0.39, 0.29) is 5.91 Å². The standard InChI is InChI=1S/C22H33N3O/c1-22(2)16-25(15-19-8-9-20(26)23-19)21(22)18-10-12-24(13-11-18)14-17-6-4-3-5-7-17/h3-7,18-19,21H,8-16H2,1-2H3,(H,23,26)/t19-,21?/m0/s1. The van der Waals surface area contributed by atoms with Gasteiger partial charge in [0.15, 0.2) is 0 Å². The first-order valence-corrected chi connectivity index (χ1v) is 10.3. The maximum absolute atomic E-state index is 11.5. The van der Waals surface area contributed by atoms with E-state index in [4.69, 9.17) is 0 Å². The monoisotopic (exact) mass is 355 g/mol. The highest BCUT2D eigenvalue weighted by Gasteiger charge is 2.50. The Hall–Kier alpha value is -1.39. The minimum Gasteiger partial charge on any atom is -0.352 e. The van der Waals surface area contributed by atoms with Crippen molar-refractivity contribution >= 4 is 5.91 Å². The van der Waals surface area contributed by atoms with Crippen LogP contribution < -0.4 is 5.32 Å². The van der Waals surface area contributed by atoms with Crippen molar-refractivity contribution in [1.29, 1.82) is 0 Å². The first-order valence-electron chi connectivity index (χ1n) is 10.3. The van der Waals surface area contributed by atoms with E-state index in [0.29, 0.717) is 23.9 Å². The van der Waals surface area contributed by atoms with E-state index in [1.165, 1.54) is 38.0 Å². The van der Waals surface area contributed by atoms with Crippen molar-refractivity contribution in [3.63, 3.8) is 0 Å². The van der Waals surface area contributed by atoms with E-state index in [2.05, 4.69) is 59.3 Å². The van der Waals surface area contributed by atoms with Crippen molar-refractivity contribution in [1.82, 2.24) is 15.1 Å². The number of nitrogens with zero attached hydrogens (tertiary/aromatic N) is 2. The fraction of sp³-hybridized carbons (Fsp3) is 0.682. The first-order chi connectivity index (χ1) is 12.5. The summed E-state index contributed by atoms with van der Waals surface area (Å²) in [6, 6.07) is 11.9. The summed E-state index contributed by atoms with van der Waals surface area (Å²) in [5.41, 5.74) is 1.84. The molecule has 3 heterocycles. The number of piperidine rings is 1. The molecule has 3 aliphatic rings. The van der Waals surface area contributed by atoms with E-state index in [0.717, 1.165) is 25.4 Å². The highest BCUT2D eigenvalue weighted by molar-refractivity contribution is 5.78. The topological polar surface area (TPSA) is 35.6 Å². The Bertz CT molecular complexity index is 622. The van der Waals surface area contributed by atoms with Gasteiger partial charge in [-0.15, -0.1) is 0 Å². The Kier molecular flexibility index (Phi) is 5.07. The average Bonchev–Trinajstić information content (AvgIpc) is 3.02.